The average molecular weight is 386 g/mol. The molecule has 1 aromatic heterocycles. The zero-order valence-corrected chi connectivity index (χ0v) is 15.2. The number of ether oxygens (including phenoxy) is 2. The van der Waals surface area contributed by atoms with Gasteiger partial charge in [-0.05, 0) is 36.4 Å². The lowest BCUT2D eigenvalue weighted by atomic mass is 10.2. The Bertz CT molecular complexity index is 958. The fourth-order valence-corrected chi connectivity index (χ4v) is 2.83. The molecule has 3 aromatic rings. The van der Waals surface area contributed by atoms with Crippen molar-refractivity contribution in [2.45, 2.75) is 12.6 Å². The summed E-state index contributed by atoms with van der Waals surface area (Å²) < 4.78 is 16.6. The van der Waals surface area contributed by atoms with Crippen molar-refractivity contribution in [2.75, 3.05) is 13.7 Å². The van der Waals surface area contributed by atoms with E-state index in [2.05, 4.69) is 10.1 Å². The molecule has 27 heavy (non-hydrogen) atoms. The van der Waals surface area contributed by atoms with Crippen molar-refractivity contribution in [2.24, 2.45) is 0 Å². The van der Waals surface area contributed by atoms with Crippen LogP contribution >= 0.6 is 11.6 Å². The van der Waals surface area contributed by atoms with Crippen molar-refractivity contribution < 1.29 is 18.8 Å². The smallest absolute Gasteiger partial charge is 0.267 e. The zero-order valence-electron chi connectivity index (χ0n) is 14.5. The van der Waals surface area contributed by atoms with E-state index in [1.165, 1.54) is 4.90 Å². The number of carbonyl (C=O) groups excluding carboxylic acids is 1. The molecule has 2 aromatic carbocycles. The minimum absolute atomic E-state index is 0.153. The van der Waals surface area contributed by atoms with Gasteiger partial charge in [-0.3, -0.25) is 4.79 Å². The fraction of sp³-hybridized carbons (Fsp3) is 0.211. The SMILES string of the molecule is CN(Cc1nc(-c2ccc(Cl)cc2)no1)C(=O)[C@H]1COc2ccccc2O1. The quantitative estimate of drug-likeness (QED) is 0.686. The van der Waals surface area contributed by atoms with Gasteiger partial charge in [0.15, 0.2) is 11.5 Å². The van der Waals surface area contributed by atoms with Gasteiger partial charge in [0.1, 0.15) is 6.61 Å². The number of benzene rings is 2. The second kappa shape index (κ2) is 7.28. The minimum atomic E-state index is -0.719. The Morgan fingerprint density at radius 1 is 1.19 bits per heavy atom. The highest BCUT2D eigenvalue weighted by Crippen LogP contribution is 2.31. The summed E-state index contributed by atoms with van der Waals surface area (Å²) in [5.41, 5.74) is 0.781. The number of aromatic nitrogens is 2. The maximum absolute atomic E-state index is 12.6. The van der Waals surface area contributed by atoms with Crippen LogP contribution in [0.25, 0.3) is 11.4 Å². The third-order valence-electron chi connectivity index (χ3n) is 4.10. The van der Waals surface area contributed by atoms with E-state index in [1.807, 2.05) is 12.1 Å². The maximum atomic E-state index is 12.6. The predicted octanol–water partition coefficient (Wildman–Crippen LogP) is 3.19. The first-order valence-electron chi connectivity index (χ1n) is 8.32. The molecular formula is C19H16ClN3O4. The number of amides is 1. The van der Waals surface area contributed by atoms with E-state index in [9.17, 15) is 4.79 Å². The summed E-state index contributed by atoms with van der Waals surface area (Å²) in [7, 11) is 1.65. The summed E-state index contributed by atoms with van der Waals surface area (Å²) in [5.74, 6) is 1.73. The first kappa shape index (κ1) is 17.4. The van der Waals surface area contributed by atoms with Crippen molar-refractivity contribution in [1.29, 1.82) is 0 Å². The average Bonchev–Trinajstić information content (AvgIpc) is 3.16. The highest BCUT2D eigenvalue weighted by molar-refractivity contribution is 6.30. The van der Waals surface area contributed by atoms with Gasteiger partial charge >= 0.3 is 0 Å². The standard InChI is InChI=1S/C19H16ClN3O4/c1-23(19(24)16-11-25-14-4-2-3-5-15(14)26-16)10-17-21-18(22-27-17)12-6-8-13(20)9-7-12/h2-9,16H,10-11H2,1H3/t16-/m1/s1. The minimum Gasteiger partial charge on any atom is -0.485 e. The first-order valence-corrected chi connectivity index (χ1v) is 8.70. The molecule has 1 aliphatic heterocycles. The molecule has 0 spiro atoms. The van der Waals surface area contributed by atoms with Crippen LogP contribution in [-0.4, -0.2) is 40.7 Å². The number of fused-ring (bicyclic) bond motifs is 1. The fourth-order valence-electron chi connectivity index (χ4n) is 2.70. The van der Waals surface area contributed by atoms with E-state index >= 15 is 0 Å². The van der Waals surface area contributed by atoms with E-state index in [1.54, 1.807) is 43.4 Å². The van der Waals surface area contributed by atoms with Gasteiger partial charge in [0, 0.05) is 17.6 Å². The van der Waals surface area contributed by atoms with Gasteiger partial charge in [-0.25, -0.2) is 0 Å². The van der Waals surface area contributed by atoms with Crippen LogP contribution in [0.2, 0.25) is 5.02 Å². The summed E-state index contributed by atoms with van der Waals surface area (Å²) in [6, 6.07) is 14.4. The monoisotopic (exact) mass is 385 g/mol. The lowest BCUT2D eigenvalue weighted by Crippen LogP contribution is -2.44. The Kier molecular flexibility index (Phi) is 4.68. The number of likely N-dealkylation sites (N-methyl/N-ethyl adjacent to an activating group) is 1. The molecule has 2 heterocycles. The largest absolute Gasteiger partial charge is 0.485 e. The Hall–Kier alpha value is -3.06. The molecule has 138 valence electrons. The Morgan fingerprint density at radius 3 is 2.70 bits per heavy atom. The van der Waals surface area contributed by atoms with Crippen molar-refractivity contribution in [3.8, 4) is 22.9 Å². The molecular weight excluding hydrogens is 370 g/mol. The van der Waals surface area contributed by atoms with E-state index in [0.29, 0.717) is 28.2 Å². The molecule has 0 radical (unpaired) electrons. The second-order valence-corrected chi connectivity index (χ2v) is 6.51. The number of rotatable bonds is 4. The summed E-state index contributed by atoms with van der Waals surface area (Å²) in [6.45, 7) is 0.320. The van der Waals surface area contributed by atoms with Gasteiger partial charge in [-0.2, -0.15) is 4.98 Å². The highest BCUT2D eigenvalue weighted by Gasteiger charge is 2.30. The van der Waals surface area contributed by atoms with Gasteiger partial charge in [0.25, 0.3) is 5.91 Å². The van der Waals surface area contributed by atoms with E-state index in [4.69, 9.17) is 25.6 Å². The highest BCUT2D eigenvalue weighted by atomic mass is 35.5. The topological polar surface area (TPSA) is 77.7 Å². The molecule has 1 aliphatic rings. The van der Waals surface area contributed by atoms with Crippen molar-refractivity contribution >= 4 is 17.5 Å². The second-order valence-electron chi connectivity index (χ2n) is 6.08. The Morgan fingerprint density at radius 2 is 1.93 bits per heavy atom. The molecule has 0 fully saturated rings. The third-order valence-corrected chi connectivity index (χ3v) is 4.36. The Balaban J connectivity index is 1.41. The first-order chi connectivity index (χ1) is 13.1. The van der Waals surface area contributed by atoms with Crippen LogP contribution in [0.4, 0.5) is 0 Å². The molecule has 0 saturated carbocycles. The number of hydrogen-bond acceptors (Lipinski definition) is 6. The molecule has 0 N–H and O–H groups in total. The number of para-hydroxylation sites is 2. The van der Waals surface area contributed by atoms with Crippen LogP contribution in [0.5, 0.6) is 11.5 Å². The molecule has 4 rings (SSSR count). The molecule has 0 unspecified atom stereocenters. The van der Waals surface area contributed by atoms with Gasteiger partial charge < -0.3 is 18.9 Å². The van der Waals surface area contributed by atoms with E-state index < -0.39 is 6.10 Å². The summed E-state index contributed by atoms with van der Waals surface area (Å²) in [6.07, 6.45) is -0.719. The molecule has 8 heteroatoms. The summed E-state index contributed by atoms with van der Waals surface area (Å²) >= 11 is 5.88. The van der Waals surface area contributed by atoms with Gasteiger partial charge in [0.2, 0.25) is 17.8 Å². The van der Waals surface area contributed by atoms with Crippen molar-refractivity contribution in [3.05, 3.63) is 59.4 Å². The number of nitrogens with zero attached hydrogens (tertiary/aromatic N) is 3. The number of halogens is 1. The lowest BCUT2D eigenvalue weighted by molar-refractivity contribution is -0.140. The van der Waals surface area contributed by atoms with Crippen molar-refractivity contribution in [1.82, 2.24) is 15.0 Å². The van der Waals surface area contributed by atoms with Crippen molar-refractivity contribution in [3.63, 3.8) is 0 Å². The van der Waals surface area contributed by atoms with Crippen LogP contribution in [0.15, 0.2) is 53.1 Å². The molecule has 0 bridgehead atoms. The van der Waals surface area contributed by atoms with Crippen LogP contribution in [0.3, 0.4) is 0 Å². The molecule has 0 aliphatic carbocycles. The van der Waals surface area contributed by atoms with E-state index in [0.717, 1.165) is 5.56 Å². The molecule has 1 atom stereocenters. The number of hydrogen-bond donors (Lipinski definition) is 0. The normalized spacial score (nSPS) is 15.4. The zero-order chi connectivity index (χ0) is 18.8. The molecule has 1 amide bonds. The summed E-state index contributed by atoms with van der Waals surface area (Å²) in [5, 5.41) is 4.58. The van der Waals surface area contributed by atoms with Crippen LogP contribution < -0.4 is 9.47 Å². The van der Waals surface area contributed by atoms with Gasteiger partial charge in [0.05, 0.1) is 6.54 Å². The van der Waals surface area contributed by atoms with Crippen LogP contribution in [0, 0.1) is 0 Å². The van der Waals surface area contributed by atoms with Gasteiger partial charge in [-0.1, -0.05) is 28.9 Å². The van der Waals surface area contributed by atoms with E-state index in [-0.39, 0.29) is 19.1 Å². The summed E-state index contributed by atoms with van der Waals surface area (Å²) in [4.78, 5) is 18.4. The van der Waals surface area contributed by atoms with Crippen LogP contribution in [0.1, 0.15) is 5.89 Å². The van der Waals surface area contributed by atoms with Crippen LogP contribution in [-0.2, 0) is 11.3 Å². The molecule has 0 saturated heterocycles. The van der Waals surface area contributed by atoms with Gasteiger partial charge in [-0.15, -0.1) is 0 Å². The molecule has 7 nitrogen and oxygen atoms in total. The predicted molar refractivity (Wildman–Crippen MR) is 97.6 cm³/mol. The number of carbonyl (C=O) groups is 1. The third kappa shape index (κ3) is 3.73. The lowest BCUT2D eigenvalue weighted by Gasteiger charge is -2.28. The maximum Gasteiger partial charge on any atom is 0.267 e. The Labute approximate surface area is 160 Å².